The van der Waals surface area contributed by atoms with Crippen LogP contribution in [0.3, 0.4) is 0 Å². The van der Waals surface area contributed by atoms with E-state index in [1.54, 1.807) is 18.2 Å². The predicted octanol–water partition coefficient (Wildman–Crippen LogP) is 4.55. The van der Waals surface area contributed by atoms with E-state index in [1.165, 1.54) is 0 Å². The monoisotopic (exact) mass is 348 g/mol. The van der Waals surface area contributed by atoms with Crippen LogP contribution in [0, 0.1) is 12.3 Å². The third-order valence-electron chi connectivity index (χ3n) is 3.78. The van der Waals surface area contributed by atoms with Crippen LogP contribution < -0.4 is 4.74 Å². The van der Waals surface area contributed by atoms with Crippen LogP contribution in [0.15, 0.2) is 18.2 Å². The maximum Gasteiger partial charge on any atom is 0.311 e. The third kappa shape index (κ3) is 8.47. The zero-order valence-electron chi connectivity index (χ0n) is 15.6. The number of aryl methyl sites for hydroxylation is 1. The Morgan fingerprint density at radius 1 is 1.04 bits per heavy atom. The van der Waals surface area contributed by atoms with Gasteiger partial charge in [-0.2, -0.15) is 0 Å². The molecule has 1 N–H and O–H groups in total. The fourth-order valence-corrected chi connectivity index (χ4v) is 2.40. The molecule has 1 aromatic rings. The molecular weight excluding hydrogens is 320 g/mol. The van der Waals surface area contributed by atoms with Crippen LogP contribution in [-0.2, 0) is 9.59 Å². The normalized spacial score (nSPS) is 11.2. The van der Waals surface area contributed by atoms with Crippen LogP contribution >= 0.6 is 0 Å². The van der Waals surface area contributed by atoms with Gasteiger partial charge in [0.15, 0.2) is 5.78 Å². The van der Waals surface area contributed by atoms with Gasteiger partial charge >= 0.3 is 11.9 Å². The van der Waals surface area contributed by atoms with Crippen molar-refractivity contribution in [3.05, 3.63) is 29.3 Å². The first-order valence-corrected chi connectivity index (χ1v) is 8.65. The number of esters is 1. The van der Waals surface area contributed by atoms with Gasteiger partial charge in [-0.15, -0.1) is 0 Å². The van der Waals surface area contributed by atoms with Crippen molar-refractivity contribution < 1.29 is 24.2 Å². The minimum atomic E-state index is -1.03. The first-order valence-electron chi connectivity index (χ1n) is 8.65. The van der Waals surface area contributed by atoms with E-state index < -0.39 is 5.97 Å². The molecule has 0 heterocycles. The molecule has 5 heteroatoms. The molecule has 0 aliphatic heterocycles. The Kier molecular flexibility index (Phi) is 7.81. The minimum absolute atomic E-state index is 0.116. The molecule has 0 radical (unpaired) electrons. The van der Waals surface area contributed by atoms with Gasteiger partial charge < -0.3 is 9.84 Å². The van der Waals surface area contributed by atoms with Crippen LogP contribution in [0.1, 0.15) is 75.2 Å². The van der Waals surface area contributed by atoms with Crippen molar-refractivity contribution >= 4 is 17.7 Å². The van der Waals surface area contributed by atoms with Crippen molar-refractivity contribution in [1.29, 1.82) is 0 Å². The van der Waals surface area contributed by atoms with Crippen molar-refractivity contribution in [3.8, 4) is 5.75 Å². The highest BCUT2D eigenvalue weighted by Gasteiger charge is 2.17. The number of hydrogen-bond donors (Lipinski definition) is 1. The molecule has 0 aliphatic carbocycles. The predicted molar refractivity (Wildman–Crippen MR) is 95.9 cm³/mol. The van der Waals surface area contributed by atoms with Gasteiger partial charge in [0.05, 0.1) is 12.0 Å². The molecule has 0 amide bonds. The summed E-state index contributed by atoms with van der Waals surface area (Å²) >= 11 is 0. The van der Waals surface area contributed by atoms with E-state index in [4.69, 9.17) is 9.84 Å². The Morgan fingerprint density at radius 3 is 2.32 bits per heavy atom. The summed E-state index contributed by atoms with van der Waals surface area (Å²) in [5.41, 5.74) is 1.36. The molecule has 1 aromatic carbocycles. The number of hydrogen-bond acceptors (Lipinski definition) is 4. The highest BCUT2D eigenvalue weighted by atomic mass is 16.5. The summed E-state index contributed by atoms with van der Waals surface area (Å²) in [5, 5.41) is 8.72. The van der Waals surface area contributed by atoms with Gasteiger partial charge in [0, 0.05) is 12.8 Å². The van der Waals surface area contributed by atoms with Gasteiger partial charge in [0.25, 0.3) is 0 Å². The number of carboxylic acids is 1. The average molecular weight is 348 g/mol. The van der Waals surface area contributed by atoms with Crippen LogP contribution in [0.5, 0.6) is 5.75 Å². The van der Waals surface area contributed by atoms with Crippen molar-refractivity contribution in [2.45, 2.75) is 66.2 Å². The maximum absolute atomic E-state index is 12.2. The molecule has 0 aromatic heterocycles. The Labute approximate surface area is 149 Å². The fourth-order valence-electron chi connectivity index (χ4n) is 2.40. The molecular formula is C20H28O5. The largest absolute Gasteiger partial charge is 0.481 e. The highest BCUT2D eigenvalue weighted by Crippen LogP contribution is 2.24. The second-order valence-corrected chi connectivity index (χ2v) is 7.56. The molecule has 138 valence electrons. The van der Waals surface area contributed by atoms with E-state index in [-0.39, 0.29) is 41.3 Å². The van der Waals surface area contributed by atoms with Crippen LogP contribution in [0.25, 0.3) is 0 Å². The Bertz CT molecular complexity index is 625. The Morgan fingerprint density at radius 2 is 1.72 bits per heavy atom. The van der Waals surface area contributed by atoms with E-state index in [0.29, 0.717) is 6.42 Å². The Hall–Kier alpha value is -2.17. The van der Waals surface area contributed by atoms with Gasteiger partial charge in [-0.1, -0.05) is 38.8 Å². The Balaban J connectivity index is 2.66. The number of carboxylic acid groups (broad SMARTS) is 1. The lowest BCUT2D eigenvalue weighted by Gasteiger charge is -2.17. The first kappa shape index (κ1) is 20.9. The first-order chi connectivity index (χ1) is 11.6. The number of ketones is 1. The average Bonchev–Trinajstić information content (AvgIpc) is 2.50. The standard InChI is InChI=1S/C20H28O5/c1-14-8-10-17(15(13-14)16(21)9-11-18(22)23)25-19(24)7-5-6-12-20(2,3)4/h8,10,13H,5-7,9,11-12H2,1-4H3,(H,22,23). The number of benzene rings is 1. The number of rotatable bonds is 9. The van der Waals surface area contributed by atoms with Crippen molar-refractivity contribution in [3.63, 3.8) is 0 Å². The third-order valence-corrected chi connectivity index (χ3v) is 3.78. The molecule has 0 fully saturated rings. The molecule has 0 saturated heterocycles. The van der Waals surface area contributed by atoms with E-state index in [1.807, 2.05) is 6.92 Å². The highest BCUT2D eigenvalue weighted by molar-refractivity contribution is 6.00. The SMILES string of the molecule is Cc1ccc(OC(=O)CCCCC(C)(C)C)c(C(=O)CCC(=O)O)c1. The molecule has 0 saturated carbocycles. The number of Topliss-reactive ketones (excluding diaryl/α,β-unsaturated/α-hetero) is 1. The number of carbonyl (C=O) groups excluding carboxylic acids is 2. The molecule has 0 atom stereocenters. The maximum atomic E-state index is 12.2. The van der Waals surface area contributed by atoms with E-state index in [2.05, 4.69) is 20.8 Å². The number of carbonyl (C=O) groups is 3. The minimum Gasteiger partial charge on any atom is -0.481 e. The van der Waals surface area contributed by atoms with Gasteiger partial charge in [-0.3, -0.25) is 14.4 Å². The lowest BCUT2D eigenvalue weighted by atomic mass is 9.89. The summed E-state index contributed by atoms with van der Waals surface area (Å²) in [6, 6.07) is 4.99. The number of ether oxygens (including phenoxy) is 1. The summed E-state index contributed by atoms with van der Waals surface area (Å²) in [5.74, 6) is -1.52. The van der Waals surface area contributed by atoms with E-state index in [9.17, 15) is 14.4 Å². The fraction of sp³-hybridized carbons (Fsp3) is 0.550. The van der Waals surface area contributed by atoms with Crippen LogP contribution in [0.4, 0.5) is 0 Å². The summed E-state index contributed by atoms with van der Waals surface area (Å²) in [6.07, 6.45) is 2.65. The molecule has 0 aliphatic rings. The van der Waals surface area contributed by atoms with Gasteiger partial charge in [0.2, 0.25) is 0 Å². The second-order valence-electron chi connectivity index (χ2n) is 7.56. The summed E-state index contributed by atoms with van der Waals surface area (Å²) in [7, 11) is 0. The lowest BCUT2D eigenvalue weighted by molar-refractivity contribution is -0.137. The second kappa shape index (κ2) is 9.35. The number of aliphatic carboxylic acids is 1. The van der Waals surface area contributed by atoms with Crippen molar-refractivity contribution in [2.24, 2.45) is 5.41 Å². The molecule has 25 heavy (non-hydrogen) atoms. The van der Waals surface area contributed by atoms with E-state index >= 15 is 0 Å². The summed E-state index contributed by atoms with van der Waals surface area (Å²) < 4.78 is 5.35. The van der Waals surface area contributed by atoms with Crippen LogP contribution in [0.2, 0.25) is 0 Å². The van der Waals surface area contributed by atoms with Gasteiger partial charge in [-0.05, 0) is 37.3 Å². The zero-order chi connectivity index (χ0) is 19.0. The smallest absolute Gasteiger partial charge is 0.311 e. The summed E-state index contributed by atoms with van der Waals surface area (Å²) in [4.78, 5) is 34.9. The van der Waals surface area contributed by atoms with Crippen molar-refractivity contribution in [2.75, 3.05) is 0 Å². The van der Waals surface area contributed by atoms with E-state index in [0.717, 1.165) is 24.8 Å². The van der Waals surface area contributed by atoms with Crippen LogP contribution in [-0.4, -0.2) is 22.8 Å². The molecule has 0 unspecified atom stereocenters. The molecule has 0 bridgehead atoms. The topological polar surface area (TPSA) is 80.7 Å². The summed E-state index contributed by atoms with van der Waals surface area (Å²) in [6.45, 7) is 8.30. The molecule has 1 rings (SSSR count). The quantitative estimate of drug-likeness (QED) is 0.306. The molecule has 0 spiro atoms. The van der Waals surface area contributed by atoms with Gasteiger partial charge in [-0.25, -0.2) is 0 Å². The lowest BCUT2D eigenvalue weighted by Crippen LogP contribution is -2.12. The number of unbranched alkanes of at least 4 members (excludes halogenated alkanes) is 1. The van der Waals surface area contributed by atoms with Crippen molar-refractivity contribution in [1.82, 2.24) is 0 Å². The molecule has 5 nitrogen and oxygen atoms in total. The zero-order valence-corrected chi connectivity index (χ0v) is 15.6. The van der Waals surface area contributed by atoms with Gasteiger partial charge in [0.1, 0.15) is 5.75 Å².